The van der Waals surface area contributed by atoms with Crippen molar-refractivity contribution >= 4 is 39.9 Å². The summed E-state index contributed by atoms with van der Waals surface area (Å²) in [7, 11) is 0. The van der Waals surface area contributed by atoms with Gasteiger partial charge in [0.15, 0.2) is 5.13 Å². The number of unbranched alkanes of at least 4 members (excludes halogenated alkanes) is 1. The molecule has 1 fully saturated rings. The number of hydrogen-bond acceptors (Lipinski definition) is 9. The van der Waals surface area contributed by atoms with Crippen LogP contribution in [0.4, 0.5) is 5.13 Å². The Hall–Kier alpha value is -4.96. The Morgan fingerprint density at radius 1 is 0.978 bits per heavy atom. The topological polar surface area (TPSA) is 115 Å². The lowest BCUT2D eigenvalue weighted by Gasteiger charge is -2.23. The highest BCUT2D eigenvalue weighted by molar-refractivity contribution is 7.17. The Balaban J connectivity index is 1.58. The smallest absolute Gasteiger partial charge is 0.350 e. The number of aliphatic hydroxyl groups is 1. The second-order valence-electron chi connectivity index (χ2n) is 11.3. The average molecular weight is 641 g/mol. The second-order valence-corrected chi connectivity index (χ2v) is 12.3. The van der Waals surface area contributed by atoms with Crippen LogP contribution in [-0.2, 0) is 14.3 Å². The normalized spacial score (nSPS) is 15.8. The van der Waals surface area contributed by atoms with E-state index in [9.17, 15) is 19.5 Å². The number of nitrogens with zero attached hydrogens (tertiary/aromatic N) is 2. The van der Waals surface area contributed by atoms with Crippen LogP contribution in [-0.4, -0.2) is 41.0 Å². The number of aryl methyl sites for hydroxylation is 1. The van der Waals surface area contributed by atoms with Gasteiger partial charge in [-0.2, -0.15) is 0 Å². The molecule has 10 heteroatoms. The number of anilines is 1. The SMILES string of the molecule is CCCCOc1ccc(/C(O)=C2/C(=O)C(=O)N(c3nc(C)c(C(=O)OCC(C)C)s3)C2c2cccc(Oc3ccccc3)c2)cc1. The molecule has 2 heterocycles. The zero-order valence-corrected chi connectivity index (χ0v) is 27.0. The summed E-state index contributed by atoms with van der Waals surface area (Å²) in [6.07, 6.45) is 1.90. The van der Waals surface area contributed by atoms with Crippen molar-refractivity contribution in [3.63, 3.8) is 0 Å². The zero-order valence-electron chi connectivity index (χ0n) is 26.2. The summed E-state index contributed by atoms with van der Waals surface area (Å²) in [5.74, 6) is -0.813. The van der Waals surface area contributed by atoms with Gasteiger partial charge in [0.1, 0.15) is 27.9 Å². The third-order valence-corrected chi connectivity index (χ3v) is 8.35. The third kappa shape index (κ3) is 7.13. The van der Waals surface area contributed by atoms with Gasteiger partial charge < -0.3 is 19.3 Å². The van der Waals surface area contributed by atoms with Crippen LogP contribution in [0.25, 0.3) is 5.76 Å². The lowest BCUT2D eigenvalue weighted by Crippen LogP contribution is -2.29. The van der Waals surface area contributed by atoms with Gasteiger partial charge in [-0.05, 0) is 73.4 Å². The van der Waals surface area contributed by atoms with Gasteiger partial charge in [0.05, 0.1) is 30.5 Å². The highest BCUT2D eigenvalue weighted by atomic mass is 32.1. The molecular weight excluding hydrogens is 604 g/mol. The van der Waals surface area contributed by atoms with Crippen molar-refractivity contribution in [1.29, 1.82) is 0 Å². The largest absolute Gasteiger partial charge is 0.507 e. The van der Waals surface area contributed by atoms with E-state index >= 15 is 0 Å². The molecule has 9 nitrogen and oxygen atoms in total. The Morgan fingerprint density at radius 3 is 2.39 bits per heavy atom. The summed E-state index contributed by atoms with van der Waals surface area (Å²) in [4.78, 5) is 46.3. The van der Waals surface area contributed by atoms with Crippen LogP contribution in [0.2, 0.25) is 0 Å². The number of hydrogen-bond donors (Lipinski definition) is 1. The number of Topliss-reactive ketones (excluding diaryl/α,β-unsaturated/α-hetero) is 1. The molecule has 3 aromatic carbocycles. The Kier molecular flexibility index (Phi) is 10.2. The fourth-order valence-electron chi connectivity index (χ4n) is 4.90. The number of rotatable bonds is 12. The minimum atomic E-state index is -1.06. The summed E-state index contributed by atoms with van der Waals surface area (Å²) in [6, 6.07) is 21.8. The van der Waals surface area contributed by atoms with E-state index in [4.69, 9.17) is 14.2 Å². The molecule has 1 N–H and O–H groups in total. The fourth-order valence-corrected chi connectivity index (χ4v) is 5.89. The number of carbonyl (C=O) groups excluding carboxylic acids is 3. The predicted molar refractivity (Wildman–Crippen MR) is 177 cm³/mol. The molecule has 46 heavy (non-hydrogen) atoms. The van der Waals surface area contributed by atoms with Gasteiger partial charge in [-0.25, -0.2) is 9.78 Å². The first kappa shape index (κ1) is 32.4. The van der Waals surface area contributed by atoms with E-state index in [0.717, 1.165) is 24.2 Å². The molecule has 0 bridgehead atoms. The summed E-state index contributed by atoms with van der Waals surface area (Å²) in [5.41, 5.74) is 1.11. The van der Waals surface area contributed by atoms with Crippen molar-refractivity contribution in [2.75, 3.05) is 18.1 Å². The van der Waals surface area contributed by atoms with Gasteiger partial charge >= 0.3 is 11.9 Å². The van der Waals surface area contributed by atoms with Gasteiger partial charge in [-0.15, -0.1) is 0 Å². The van der Waals surface area contributed by atoms with Crippen molar-refractivity contribution in [3.8, 4) is 17.2 Å². The highest BCUT2D eigenvalue weighted by Gasteiger charge is 2.48. The van der Waals surface area contributed by atoms with Crippen LogP contribution in [0.15, 0.2) is 84.4 Å². The fraction of sp³-hybridized carbons (Fsp3) is 0.278. The minimum Gasteiger partial charge on any atom is -0.507 e. The highest BCUT2D eigenvalue weighted by Crippen LogP contribution is 2.45. The molecule has 4 aromatic rings. The van der Waals surface area contributed by atoms with Crippen LogP contribution in [0, 0.1) is 12.8 Å². The molecule has 0 radical (unpaired) electrons. The summed E-state index contributed by atoms with van der Waals surface area (Å²) >= 11 is 0.964. The second kappa shape index (κ2) is 14.4. The molecule has 238 valence electrons. The number of thiazole rings is 1. The van der Waals surface area contributed by atoms with E-state index in [2.05, 4.69) is 11.9 Å². The van der Waals surface area contributed by atoms with E-state index < -0.39 is 23.7 Å². The van der Waals surface area contributed by atoms with Gasteiger partial charge in [-0.3, -0.25) is 14.5 Å². The Labute approximate surface area is 272 Å². The summed E-state index contributed by atoms with van der Waals surface area (Å²) in [5, 5.41) is 11.7. The van der Waals surface area contributed by atoms with Crippen LogP contribution in [0.1, 0.15) is 66.1 Å². The zero-order chi connectivity index (χ0) is 32.8. The van der Waals surface area contributed by atoms with Crippen molar-refractivity contribution in [2.45, 2.75) is 46.6 Å². The van der Waals surface area contributed by atoms with Crippen LogP contribution in [0.5, 0.6) is 17.2 Å². The predicted octanol–water partition coefficient (Wildman–Crippen LogP) is 7.86. The number of benzene rings is 3. The number of aromatic nitrogens is 1. The van der Waals surface area contributed by atoms with Gasteiger partial charge in [0.25, 0.3) is 5.78 Å². The maximum atomic E-state index is 13.7. The molecule has 1 aliphatic rings. The van der Waals surface area contributed by atoms with Crippen molar-refractivity contribution < 1.29 is 33.7 Å². The number of esters is 1. The molecule has 1 unspecified atom stereocenters. The van der Waals surface area contributed by atoms with Crippen molar-refractivity contribution in [3.05, 3.63) is 106 Å². The van der Waals surface area contributed by atoms with E-state index in [-0.39, 0.29) is 33.9 Å². The van der Waals surface area contributed by atoms with E-state index in [1.165, 1.54) is 4.90 Å². The first-order valence-corrected chi connectivity index (χ1v) is 16.0. The average Bonchev–Trinajstić information content (AvgIpc) is 3.56. The number of ketones is 1. The van der Waals surface area contributed by atoms with Crippen LogP contribution >= 0.6 is 11.3 Å². The first-order chi connectivity index (χ1) is 22.2. The van der Waals surface area contributed by atoms with Crippen LogP contribution < -0.4 is 14.4 Å². The standard InChI is InChI=1S/C36H36N2O7S/c1-5-6-19-43-26-17-15-24(16-18-26)31(39)29-30(25-11-10-14-28(20-25)45-27-12-8-7-9-13-27)38(34(41)32(29)40)36-37-23(4)33(46-36)35(42)44-21-22(2)3/h7-18,20,22,30,39H,5-6,19,21H2,1-4H3/b31-29-. The summed E-state index contributed by atoms with van der Waals surface area (Å²) < 4.78 is 17.2. The molecular formula is C36H36N2O7S. The quantitative estimate of drug-likeness (QED) is 0.0547. The molecule has 0 saturated carbocycles. The number of amides is 1. The molecule has 1 aromatic heterocycles. The van der Waals surface area contributed by atoms with E-state index in [1.807, 2.05) is 44.2 Å². The summed E-state index contributed by atoms with van der Waals surface area (Å²) in [6.45, 7) is 8.38. The van der Waals surface area contributed by atoms with E-state index in [1.54, 1.807) is 55.5 Å². The van der Waals surface area contributed by atoms with Crippen molar-refractivity contribution in [1.82, 2.24) is 4.98 Å². The van der Waals surface area contributed by atoms with Gasteiger partial charge in [0, 0.05) is 5.56 Å². The number of ether oxygens (including phenoxy) is 3. The number of carbonyl (C=O) groups is 3. The Morgan fingerprint density at radius 2 is 1.70 bits per heavy atom. The number of para-hydroxylation sites is 1. The van der Waals surface area contributed by atoms with Crippen molar-refractivity contribution in [2.24, 2.45) is 5.92 Å². The maximum Gasteiger partial charge on any atom is 0.350 e. The Bertz CT molecular complexity index is 1750. The monoisotopic (exact) mass is 640 g/mol. The molecule has 0 spiro atoms. The lowest BCUT2D eigenvalue weighted by atomic mass is 9.95. The molecule has 1 atom stereocenters. The minimum absolute atomic E-state index is 0.113. The van der Waals surface area contributed by atoms with Crippen LogP contribution in [0.3, 0.4) is 0 Å². The third-order valence-electron chi connectivity index (χ3n) is 7.22. The lowest BCUT2D eigenvalue weighted by molar-refractivity contribution is -0.132. The molecule has 1 amide bonds. The first-order valence-electron chi connectivity index (χ1n) is 15.2. The molecule has 0 aliphatic carbocycles. The maximum absolute atomic E-state index is 13.7. The molecule has 5 rings (SSSR count). The van der Waals surface area contributed by atoms with Gasteiger partial charge in [0.2, 0.25) is 0 Å². The molecule has 1 saturated heterocycles. The van der Waals surface area contributed by atoms with Gasteiger partial charge in [-0.1, -0.05) is 68.9 Å². The molecule has 1 aliphatic heterocycles. The van der Waals surface area contributed by atoms with E-state index in [0.29, 0.717) is 40.7 Å². The number of aliphatic hydroxyl groups excluding tert-OH is 1.